The molecule has 0 saturated carbocycles. The van der Waals surface area contributed by atoms with Crippen LogP contribution in [-0.4, -0.2) is 30.0 Å². The SMILES string of the molecule is CC(C)CCC(CO)(CNC(=O)OC(C)(C)C)c1ccccc1. The van der Waals surface area contributed by atoms with Crippen molar-refractivity contribution >= 4 is 6.09 Å². The van der Waals surface area contributed by atoms with E-state index in [0.717, 1.165) is 18.4 Å². The quantitative estimate of drug-likeness (QED) is 0.801. The summed E-state index contributed by atoms with van der Waals surface area (Å²) in [5.74, 6) is 0.533. The van der Waals surface area contributed by atoms with E-state index in [1.54, 1.807) is 0 Å². The van der Waals surface area contributed by atoms with E-state index in [2.05, 4.69) is 19.2 Å². The van der Waals surface area contributed by atoms with Crippen molar-refractivity contribution < 1.29 is 14.6 Å². The van der Waals surface area contributed by atoms with Gasteiger partial charge in [-0.2, -0.15) is 0 Å². The second kappa shape index (κ2) is 8.34. The number of hydrogen-bond donors (Lipinski definition) is 2. The van der Waals surface area contributed by atoms with Crippen LogP contribution in [0.25, 0.3) is 0 Å². The summed E-state index contributed by atoms with van der Waals surface area (Å²) in [4.78, 5) is 12.0. The Morgan fingerprint density at radius 2 is 1.83 bits per heavy atom. The lowest BCUT2D eigenvalue weighted by atomic mass is 9.76. The van der Waals surface area contributed by atoms with Gasteiger partial charge >= 0.3 is 6.09 Å². The highest BCUT2D eigenvalue weighted by Crippen LogP contribution is 2.30. The zero-order valence-electron chi connectivity index (χ0n) is 15.1. The first-order valence-electron chi connectivity index (χ1n) is 8.32. The first kappa shape index (κ1) is 19.5. The number of carbonyl (C=O) groups excluding carboxylic acids is 1. The molecule has 0 spiro atoms. The predicted octanol–water partition coefficient (Wildman–Crippen LogP) is 3.88. The van der Waals surface area contributed by atoms with Crippen molar-refractivity contribution in [1.29, 1.82) is 0 Å². The summed E-state index contributed by atoms with van der Waals surface area (Å²) < 4.78 is 5.31. The molecule has 2 N–H and O–H groups in total. The molecule has 1 rings (SSSR count). The lowest BCUT2D eigenvalue weighted by Crippen LogP contribution is -2.45. The van der Waals surface area contributed by atoms with Crippen molar-refractivity contribution in [3.8, 4) is 0 Å². The fraction of sp³-hybridized carbons (Fsp3) is 0.632. The Morgan fingerprint density at radius 3 is 2.30 bits per heavy atom. The summed E-state index contributed by atoms with van der Waals surface area (Å²) >= 11 is 0. The zero-order chi connectivity index (χ0) is 17.5. The smallest absolute Gasteiger partial charge is 0.407 e. The first-order chi connectivity index (χ1) is 10.7. The molecular formula is C19H31NO3. The second-order valence-electron chi connectivity index (χ2n) is 7.59. The monoisotopic (exact) mass is 321 g/mol. The van der Waals surface area contributed by atoms with E-state index in [-0.39, 0.29) is 6.61 Å². The van der Waals surface area contributed by atoms with Crippen LogP contribution in [0, 0.1) is 5.92 Å². The van der Waals surface area contributed by atoms with Gasteiger partial charge in [-0.05, 0) is 45.1 Å². The molecule has 0 aliphatic heterocycles. The summed E-state index contributed by atoms with van der Waals surface area (Å²) in [7, 11) is 0. The van der Waals surface area contributed by atoms with Gasteiger partial charge in [0.2, 0.25) is 0 Å². The molecule has 4 nitrogen and oxygen atoms in total. The van der Waals surface area contributed by atoms with Gasteiger partial charge in [0.25, 0.3) is 0 Å². The number of carbonyl (C=O) groups is 1. The number of amides is 1. The molecule has 1 amide bonds. The maximum atomic E-state index is 12.0. The van der Waals surface area contributed by atoms with E-state index >= 15 is 0 Å². The highest BCUT2D eigenvalue weighted by atomic mass is 16.6. The Bertz CT molecular complexity index is 479. The van der Waals surface area contributed by atoms with E-state index < -0.39 is 17.1 Å². The summed E-state index contributed by atoms with van der Waals surface area (Å²) in [5, 5.41) is 12.9. The van der Waals surface area contributed by atoms with Crippen LogP contribution in [0.15, 0.2) is 30.3 Å². The average Bonchev–Trinajstić information content (AvgIpc) is 2.47. The van der Waals surface area contributed by atoms with Crippen LogP contribution in [0.2, 0.25) is 0 Å². The molecule has 4 heteroatoms. The van der Waals surface area contributed by atoms with Crippen molar-refractivity contribution in [2.24, 2.45) is 5.92 Å². The molecule has 0 aliphatic carbocycles. The highest BCUT2D eigenvalue weighted by molar-refractivity contribution is 5.67. The minimum atomic E-state index is -0.531. The van der Waals surface area contributed by atoms with Gasteiger partial charge in [0.05, 0.1) is 6.61 Å². The Kier molecular flexibility index (Phi) is 7.07. The predicted molar refractivity (Wildman–Crippen MR) is 93.5 cm³/mol. The van der Waals surface area contributed by atoms with Crippen molar-refractivity contribution in [3.63, 3.8) is 0 Å². The zero-order valence-corrected chi connectivity index (χ0v) is 15.1. The molecule has 23 heavy (non-hydrogen) atoms. The number of ether oxygens (including phenoxy) is 1. The summed E-state index contributed by atoms with van der Waals surface area (Å²) in [5.41, 5.74) is 0.0261. The van der Waals surface area contributed by atoms with Crippen molar-refractivity contribution in [1.82, 2.24) is 5.32 Å². The van der Waals surface area contributed by atoms with E-state index in [4.69, 9.17) is 4.74 Å². The Morgan fingerprint density at radius 1 is 1.22 bits per heavy atom. The third kappa shape index (κ3) is 6.61. The van der Waals surface area contributed by atoms with E-state index in [1.807, 2.05) is 51.1 Å². The third-order valence-electron chi connectivity index (χ3n) is 3.86. The normalized spacial score (nSPS) is 14.4. The fourth-order valence-electron chi connectivity index (χ4n) is 2.47. The molecule has 130 valence electrons. The maximum Gasteiger partial charge on any atom is 0.407 e. The number of alkyl carbamates (subject to hydrolysis) is 1. The molecular weight excluding hydrogens is 290 g/mol. The molecule has 1 aromatic rings. The Labute approximate surface area is 140 Å². The molecule has 0 aliphatic rings. The number of hydrogen-bond acceptors (Lipinski definition) is 3. The molecule has 0 heterocycles. The van der Waals surface area contributed by atoms with Crippen LogP contribution in [-0.2, 0) is 10.2 Å². The number of rotatable bonds is 7. The summed E-state index contributed by atoms with van der Waals surface area (Å²) in [6.07, 6.45) is 1.34. The van der Waals surface area contributed by atoms with Crippen molar-refractivity contribution in [2.75, 3.05) is 13.2 Å². The second-order valence-corrected chi connectivity index (χ2v) is 7.59. The lowest BCUT2D eigenvalue weighted by Gasteiger charge is -2.34. The van der Waals surface area contributed by atoms with Crippen LogP contribution in [0.1, 0.15) is 53.0 Å². The number of aliphatic hydroxyl groups excluding tert-OH is 1. The van der Waals surface area contributed by atoms with Gasteiger partial charge in [-0.15, -0.1) is 0 Å². The number of nitrogens with one attached hydrogen (secondary N) is 1. The lowest BCUT2D eigenvalue weighted by molar-refractivity contribution is 0.0499. The minimum absolute atomic E-state index is 0.0144. The molecule has 1 unspecified atom stereocenters. The Hall–Kier alpha value is -1.55. The fourth-order valence-corrected chi connectivity index (χ4v) is 2.47. The van der Waals surface area contributed by atoms with Gasteiger partial charge in [-0.1, -0.05) is 44.2 Å². The van der Waals surface area contributed by atoms with Gasteiger partial charge in [-0.25, -0.2) is 4.79 Å². The van der Waals surface area contributed by atoms with E-state index in [0.29, 0.717) is 12.5 Å². The van der Waals surface area contributed by atoms with E-state index in [9.17, 15) is 9.90 Å². The van der Waals surface area contributed by atoms with Gasteiger partial charge < -0.3 is 15.2 Å². The summed E-state index contributed by atoms with van der Waals surface area (Å²) in [6.45, 7) is 10.2. The largest absolute Gasteiger partial charge is 0.444 e. The van der Waals surface area contributed by atoms with Gasteiger partial charge in [0, 0.05) is 12.0 Å². The molecule has 0 bridgehead atoms. The molecule has 1 atom stereocenters. The molecule has 0 radical (unpaired) electrons. The highest BCUT2D eigenvalue weighted by Gasteiger charge is 2.32. The van der Waals surface area contributed by atoms with Crippen LogP contribution in [0.3, 0.4) is 0 Å². The van der Waals surface area contributed by atoms with Crippen LogP contribution >= 0.6 is 0 Å². The Balaban J connectivity index is 2.88. The summed E-state index contributed by atoms with van der Waals surface area (Å²) in [6, 6.07) is 9.89. The van der Waals surface area contributed by atoms with Gasteiger partial charge in [-0.3, -0.25) is 0 Å². The van der Waals surface area contributed by atoms with Crippen LogP contribution < -0.4 is 5.32 Å². The molecule has 1 aromatic carbocycles. The third-order valence-corrected chi connectivity index (χ3v) is 3.86. The standard InChI is InChI=1S/C19H31NO3/c1-15(2)11-12-19(14-21,16-9-7-6-8-10-16)13-20-17(22)23-18(3,4)5/h6-10,15,21H,11-14H2,1-5H3,(H,20,22). The topological polar surface area (TPSA) is 58.6 Å². The maximum absolute atomic E-state index is 12.0. The van der Waals surface area contributed by atoms with Crippen LogP contribution in [0.5, 0.6) is 0 Å². The number of benzene rings is 1. The van der Waals surface area contributed by atoms with Gasteiger partial charge in [0.15, 0.2) is 0 Å². The average molecular weight is 321 g/mol. The molecule has 0 fully saturated rings. The molecule has 0 saturated heterocycles. The van der Waals surface area contributed by atoms with E-state index in [1.165, 1.54) is 0 Å². The van der Waals surface area contributed by atoms with Crippen molar-refractivity contribution in [3.05, 3.63) is 35.9 Å². The van der Waals surface area contributed by atoms with Crippen LogP contribution in [0.4, 0.5) is 4.79 Å². The molecule has 0 aromatic heterocycles. The van der Waals surface area contributed by atoms with Gasteiger partial charge in [0.1, 0.15) is 5.60 Å². The first-order valence-corrected chi connectivity index (χ1v) is 8.32. The number of aliphatic hydroxyl groups is 1. The van der Waals surface area contributed by atoms with Crippen molar-refractivity contribution in [2.45, 2.75) is 58.5 Å². The minimum Gasteiger partial charge on any atom is -0.444 e.